The molecule has 82 valence electrons. The van der Waals surface area contributed by atoms with Gasteiger partial charge in [0.1, 0.15) is 5.54 Å². The molecule has 2 unspecified atom stereocenters. The first kappa shape index (κ1) is 11.8. The predicted octanol–water partition coefficient (Wildman–Crippen LogP) is 0.558. The lowest BCUT2D eigenvalue weighted by molar-refractivity contribution is -0.145. The van der Waals surface area contributed by atoms with E-state index in [0.717, 1.165) is 12.2 Å². The van der Waals surface area contributed by atoms with Crippen LogP contribution in [0.15, 0.2) is 0 Å². The number of aliphatic carboxylic acids is 1. The molecule has 14 heavy (non-hydrogen) atoms. The van der Waals surface area contributed by atoms with Gasteiger partial charge in [-0.15, -0.1) is 0 Å². The minimum atomic E-state index is -1.10. The Morgan fingerprint density at radius 3 is 2.93 bits per heavy atom. The molecule has 5 heteroatoms. The predicted molar refractivity (Wildman–Crippen MR) is 56.5 cm³/mol. The van der Waals surface area contributed by atoms with Crippen LogP contribution in [0.2, 0.25) is 0 Å². The smallest absolute Gasteiger partial charge is 0.324 e. The van der Waals surface area contributed by atoms with E-state index in [4.69, 9.17) is 15.6 Å². The highest BCUT2D eigenvalue weighted by molar-refractivity contribution is 7.98. The van der Waals surface area contributed by atoms with Gasteiger partial charge in [-0.05, 0) is 24.9 Å². The van der Waals surface area contributed by atoms with Gasteiger partial charge in [-0.3, -0.25) is 4.79 Å². The summed E-state index contributed by atoms with van der Waals surface area (Å²) in [6, 6.07) is 0. The van der Waals surface area contributed by atoms with Crippen molar-refractivity contribution in [3.8, 4) is 0 Å². The van der Waals surface area contributed by atoms with Crippen molar-refractivity contribution < 1.29 is 14.6 Å². The third-order valence-electron chi connectivity index (χ3n) is 2.78. The number of hydrogen-bond donors (Lipinski definition) is 2. The third-order valence-corrected chi connectivity index (χ3v) is 3.39. The molecule has 0 aliphatic carbocycles. The molecule has 1 heterocycles. The molecular weight excluding hydrogens is 202 g/mol. The molecule has 0 spiro atoms. The Hall–Kier alpha value is -0.260. The van der Waals surface area contributed by atoms with Gasteiger partial charge >= 0.3 is 5.97 Å². The Kier molecular flexibility index (Phi) is 4.22. The zero-order chi connectivity index (χ0) is 10.6. The number of thioether (sulfide) groups is 1. The van der Waals surface area contributed by atoms with Crippen molar-refractivity contribution >= 4 is 17.7 Å². The lowest BCUT2D eigenvalue weighted by Crippen LogP contribution is -2.54. The van der Waals surface area contributed by atoms with Gasteiger partial charge in [-0.1, -0.05) is 0 Å². The van der Waals surface area contributed by atoms with Crippen LogP contribution in [0.1, 0.15) is 12.8 Å². The second-order valence-corrected chi connectivity index (χ2v) is 4.63. The summed E-state index contributed by atoms with van der Waals surface area (Å²) in [5.74, 6) is -0.159. The van der Waals surface area contributed by atoms with Gasteiger partial charge in [0.05, 0.1) is 6.61 Å². The molecule has 3 N–H and O–H groups in total. The van der Waals surface area contributed by atoms with Gasteiger partial charge in [-0.2, -0.15) is 11.8 Å². The summed E-state index contributed by atoms with van der Waals surface area (Å²) < 4.78 is 5.18. The van der Waals surface area contributed by atoms with Crippen LogP contribution in [-0.4, -0.2) is 41.8 Å². The molecule has 0 bridgehead atoms. The monoisotopic (exact) mass is 219 g/mol. The summed E-state index contributed by atoms with van der Waals surface area (Å²) in [6.07, 6.45) is 3.22. The fourth-order valence-corrected chi connectivity index (χ4v) is 2.24. The van der Waals surface area contributed by atoms with E-state index in [0.29, 0.717) is 19.6 Å². The van der Waals surface area contributed by atoms with E-state index in [-0.39, 0.29) is 5.92 Å². The van der Waals surface area contributed by atoms with E-state index in [2.05, 4.69) is 0 Å². The van der Waals surface area contributed by atoms with E-state index in [1.54, 1.807) is 11.8 Å². The lowest BCUT2D eigenvalue weighted by Gasteiger charge is -2.29. The maximum atomic E-state index is 11.1. The highest BCUT2D eigenvalue weighted by Crippen LogP contribution is 2.28. The molecule has 0 aromatic heterocycles. The molecule has 0 aromatic rings. The summed E-state index contributed by atoms with van der Waals surface area (Å²) in [5.41, 5.74) is 4.84. The minimum Gasteiger partial charge on any atom is -0.480 e. The Morgan fingerprint density at radius 1 is 1.79 bits per heavy atom. The first-order chi connectivity index (χ1) is 6.61. The number of rotatable bonds is 5. The summed E-state index contributed by atoms with van der Waals surface area (Å²) in [6.45, 7) is 1.12. The van der Waals surface area contributed by atoms with Gasteiger partial charge in [0.25, 0.3) is 0 Å². The second-order valence-electron chi connectivity index (χ2n) is 3.65. The van der Waals surface area contributed by atoms with E-state index in [1.807, 2.05) is 6.26 Å². The van der Waals surface area contributed by atoms with E-state index >= 15 is 0 Å². The van der Waals surface area contributed by atoms with Crippen LogP contribution < -0.4 is 5.73 Å². The summed E-state index contributed by atoms with van der Waals surface area (Å²) in [5, 5.41) is 9.13. The van der Waals surface area contributed by atoms with Crippen molar-refractivity contribution in [1.29, 1.82) is 0 Å². The zero-order valence-corrected chi connectivity index (χ0v) is 9.18. The molecule has 1 rings (SSSR count). The van der Waals surface area contributed by atoms with Gasteiger partial charge in [0.2, 0.25) is 0 Å². The summed E-state index contributed by atoms with van der Waals surface area (Å²) >= 11 is 1.62. The molecule has 2 atom stereocenters. The average Bonchev–Trinajstić information content (AvgIpc) is 2.66. The Balaban J connectivity index is 2.64. The van der Waals surface area contributed by atoms with Crippen LogP contribution in [0.25, 0.3) is 0 Å². The normalized spacial score (nSPS) is 26.0. The Morgan fingerprint density at radius 2 is 2.50 bits per heavy atom. The number of carbonyl (C=O) groups is 1. The fourth-order valence-electron chi connectivity index (χ4n) is 1.70. The highest BCUT2D eigenvalue weighted by atomic mass is 32.2. The maximum Gasteiger partial charge on any atom is 0.324 e. The number of ether oxygens (including phenoxy) is 1. The maximum absolute atomic E-state index is 11.1. The topological polar surface area (TPSA) is 72.6 Å². The SMILES string of the molecule is CSCCC(N)(C(=O)O)C1CCOC1. The number of carboxylic acid groups (broad SMARTS) is 1. The van der Waals surface area contributed by atoms with E-state index < -0.39 is 11.5 Å². The van der Waals surface area contributed by atoms with Crippen molar-refractivity contribution in [2.45, 2.75) is 18.4 Å². The zero-order valence-electron chi connectivity index (χ0n) is 8.36. The van der Waals surface area contributed by atoms with Gasteiger partial charge < -0.3 is 15.6 Å². The van der Waals surface area contributed by atoms with Crippen molar-refractivity contribution in [3.63, 3.8) is 0 Å². The standard InChI is InChI=1S/C9H17NO3S/c1-14-5-3-9(10,8(11)12)7-2-4-13-6-7/h7H,2-6,10H2,1H3,(H,11,12). The van der Waals surface area contributed by atoms with Crippen LogP contribution in [0, 0.1) is 5.92 Å². The second kappa shape index (κ2) is 5.00. The Labute approximate surface area is 88.2 Å². The number of hydrogen-bond acceptors (Lipinski definition) is 4. The quantitative estimate of drug-likeness (QED) is 0.707. The number of carboxylic acids is 1. The van der Waals surface area contributed by atoms with Crippen LogP contribution in [0.3, 0.4) is 0 Å². The highest BCUT2D eigenvalue weighted by Gasteiger charge is 2.43. The lowest BCUT2D eigenvalue weighted by atomic mass is 9.82. The minimum absolute atomic E-state index is 0.0350. The van der Waals surface area contributed by atoms with Gasteiger partial charge in [0.15, 0.2) is 0 Å². The fraction of sp³-hybridized carbons (Fsp3) is 0.889. The molecule has 1 aliphatic heterocycles. The molecule has 4 nitrogen and oxygen atoms in total. The molecule has 0 amide bonds. The Bertz CT molecular complexity index is 206. The van der Waals surface area contributed by atoms with E-state index in [1.165, 1.54) is 0 Å². The third kappa shape index (κ3) is 2.40. The molecule has 0 aromatic carbocycles. The molecule has 1 aliphatic rings. The first-order valence-corrected chi connectivity index (χ1v) is 6.09. The van der Waals surface area contributed by atoms with E-state index in [9.17, 15) is 4.79 Å². The molecule has 1 saturated heterocycles. The first-order valence-electron chi connectivity index (χ1n) is 4.70. The summed E-state index contributed by atoms with van der Waals surface area (Å²) in [4.78, 5) is 11.1. The molecule has 0 saturated carbocycles. The van der Waals surface area contributed by atoms with Crippen LogP contribution in [0.5, 0.6) is 0 Å². The van der Waals surface area contributed by atoms with Gasteiger partial charge in [-0.25, -0.2) is 0 Å². The van der Waals surface area contributed by atoms with Crippen molar-refractivity contribution in [3.05, 3.63) is 0 Å². The summed E-state index contributed by atoms with van der Waals surface area (Å²) in [7, 11) is 0. The van der Waals surface area contributed by atoms with Gasteiger partial charge in [0, 0.05) is 12.5 Å². The van der Waals surface area contributed by atoms with Crippen molar-refractivity contribution in [2.75, 3.05) is 25.2 Å². The van der Waals surface area contributed by atoms with Crippen molar-refractivity contribution in [2.24, 2.45) is 11.7 Å². The van der Waals surface area contributed by atoms with Crippen LogP contribution in [-0.2, 0) is 9.53 Å². The number of nitrogens with two attached hydrogens (primary N) is 1. The van der Waals surface area contributed by atoms with Crippen LogP contribution in [0.4, 0.5) is 0 Å². The largest absolute Gasteiger partial charge is 0.480 e. The van der Waals surface area contributed by atoms with Crippen molar-refractivity contribution in [1.82, 2.24) is 0 Å². The molecule has 0 radical (unpaired) electrons. The molecular formula is C9H17NO3S. The average molecular weight is 219 g/mol. The molecule has 1 fully saturated rings. The van der Waals surface area contributed by atoms with Crippen LogP contribution >= 0.6 is 11.8 Å².